The highest BCUT2D eigenvalue weighted by atomic mass is 16.4. The first-order valence-electron chi connectivity index (χ1n) is 4.76. The molecule has 3 N–H and O–H groups in total. The van der Waals surface area contributed by atoms with Crippen LogP contribution in [0.2, 0.25) is 0 Å². The lowest BCUT2D eigenvalue weighted by molar-refractivity contribution is -0.143. The van der Waals surface area contributed by atoms with E-state index in [1.54, 1.807) is 12.1 Å². The largest absolute Gasteiger partial charge is 0.480 e. The van der Waals surface area contributed by atoms with Gasteiger partial charge in [-0.15, -0.1) is 0 Å². The van der Waals surface area contributed by atoms with Gasteiger partial charge in [0.15, 0.2) is 5.54 Å². The summed E-state index contributed by atoms with van der Waals surface area (Å²) in [5, 5.41) is 8.97. The maximum Gasteiger partial charge on any atom is 0.329 e. The molecule has 2 rings (SSSR count). The molecule has 0 radical (unpaired) electrons. The highest BCUT2D eigenvalue weighted by Crippen LogP contribution is 2.17. The van der Waals surface area contributed by atoms with Gasteiger partial charge in [0.25, 0.3) is 0 Å². The highest BCUT2D eigenvalue weighted by Gasteiger charge is 2.32. The summed E-state index contributed by atoms with van der Waals surface area (Å²) < 4.78 is 0. The first kappa shape index (κ1) is 10.5. The first-order chi connectivity index (χ1) is 7.51. The fourth-order valence-corrected chi connectivity index (χ4v) is 1.32. The zero-order valence-corrected chi connectivity index (χ0v) is 8.71. The van der Waals surface area contributed by atoms with Crippen LogP contribution in [-0.2, 0) is 10.3 Å². The Balaban J connectivity index is 2.59. The number of carbonyl (C=O) groups is 1. The van der Waals surface area contributed by atoms with Crippen LogP contribution in [0.15, 0.2) is 30.5 Å². The van der Waals surface area contributed by atoms with Gasteiger partial charge in [0, 0.05) is 0 Å². The Hall–Kier alpha value is -2.01. The van der Waals surface area contributed by atoms with Crippen LogP contribution in [0.25, 0.3) is 11.0 Å². The molecule has 0 aliphatic rings. The first-order valence-corrected chi connectivity index (χ1v) is 4.76. The second-order valence-corrected chi connectivity index (χ2v) is 3.75. The summed E-state index contributed by atoms with van der Waals surface area (Å²) in [6.45, 7) is 1.40. The second-order valence-electron chi connectivity index (χ2n) is 3.75. The topological polar surface area (TPSA) is 89.1 Å². The van der Waals surface area contributed by atoms with Gasteiger partial charge in [-0.25, -0.2) is 9.78 Å². The number of fused-ring (bicyclic) bond motifs is 1. The van der Waals surface area contributed by atoms with Gasteiger partial charge < -0.3 is 10.8 Å². The molecule has 0 amide bonds. The molecule has 0 spiro atoms. The van der Waals surface area contributed by atoms with E-state index in [0.29, 0.717) is 11.0 Å². The molecule has 82 valence electrons. The Morgan fingerprint density at radius 3 is 2.62 bits per heavy atom. The fraction of sp³-hybridized carbons (Fsp3) is 0.182. The molecule has 1 atom stereocenters. The number of nitrogens with two attached hydrogens (primary N) is 1. The molecule has 1 unspecified atom stereocenters. The van der Waals surface area contributed by atoms with Crippen molar-refractivity contribution in [1.29, 1.82) is 0 Å². The van der Waals surface area contributed by atoms with E-state index in [0.717, 1.165) is 0 Å². The highest BCUT2D eigenvalue weighted by molar-refractivity contribution is 5.80. The quantitative estimate of drug-likeness (QED) is 0.779. The SMILES string of the molecule is CC(N)(C(=O)O)c1cnc2ccccc2n1. The molecular weight excluding hydrogens is 206 g/mol. The van der Waals surface area contributed by atoms with Gasteiger partial charge in [0.05, 0.1) is 22.9 Å². The number of carboxylic acid groups (broad SMARTS) is 1. The molecule has 5 heteroatoms. The van der Waals surface area contributed by atoms with Crippen LogP contribution in [0.5, 0.6) is 0 Å². The van der Waals surface area contributed by atoms with Crippen LogP contribution in [0.3, 0.4) is 0 Å². The van der Waals surface area contributed by atoms with Gasteiger partial charge in [-0.3, -0.25) is 4.98 Å². The van der Waals surface area contributed by atoms with Crippen molar-refractivity contribution in [3.63, 3.8) is 0 Å². The van der Waals surface area contributed by atoms with E-state index in [1.807, 2.05) is 12.1 Å². The maximum absolute atomic E-state index is 11.0. The van der Waals surface area contributed by atoms with Crippen molar-refractivity contribution in [3.05, 3.63) is 36.2 Å². The number of nitrogens with zero attached hydrogens (tertiary/aromatic N) is 2. The lowest BCUT2D eigenvalue weighted by Gasteiger charge is -2.18. The smallest absolute Gasteiger partial charge is 0.329 e. The molecule has 0 fully saturated rings. The molecule has 1 heterocycles. The molecule has 16 heavy (non-hydrogen) atoms. The zero-order valence-electron chi connectivity index (χ0n) is 8.71. The number of aromatic nitrogens is 2. The van der Waals surface area contributed by atoms with Gasteiger partial charge in [-0.2, -0.15) is 0 Å². The summed E-state index contributed by atoms with van der Waals surface area (Å²) in [4.78, 5) is 19.3. The van der Waals surface area contributed by atoms with Crippen LogP contribution >= 0.6 is 0 Å². The third-order valence-electron chi connectivity index (χ3n) is 2.42. The van der Waals surface area contributed by atoms with E-state index >= 15 is 0 Å². The summed E-state index contributed by atoms with van der Waals surface area (Å²) in [6.07, 6.45) is 1.40. The van der Waals surface area contributed by atoms with Crippen molar-refractivity contribution < 1.29 is 9.90 Å². The molecular formula is C11H11N3O2. The van der Waals surface area contributed by atoms with E-state index in [4.69, 9.17) is 10.8 Å². The van der Waals surface area contributed by atoms with Crippen LogP contribution in [-0.4, -0.2) is 21.0 Å². The predicted molar refractivity (Wildman–Crippen MR) is 58.7 cm³/mol. The van der Waals surface area contributed by atoms with Crippen molar-refractivity contribution in [2.45, 2.75) is 12.5 Å². The Labute approximate surface area is 91.9 Å². The van der Waals surface area contributed by atoms with Crippen molar-refractivity contribution in [3.8, 4) is 0 Å². The van der Waals surface area contributed by atoms with Gasteiger partial charge in [0.1, 0.15) is 0 Å². The van der Waals surface area contributed by atoms with E-state index in [1.165, 1.54) is 13.1 Å². The monoisotopic (exact) mass is 217 g/mol. The summed E-state index contributed by atoms with van der Waals surface area (Å²) in [6, 6.07) is 7.23. The zero-order chi connectivity index (χ0) is 11.8. The number of carboxylic acids is 1. The summed E-state index contributed by atoms with van der Waals surface area (Å²) in [7, 11) is 0. The van der Waals surface area contributed by atoms with E-state index in [-0.39, 0.29) is 5.69 Å². The number of aliphatic carboxylic acids is 1. The average molecular weight is 217 g/mol. The Kier molecular flexibility index (Phi) is 2.32. The number of para-hydroxylation sites is 2. The minimum Gasteiger partial charge on any atom is -0.480 e. The van der Waals surface area contributed by atoms with Gasteiger partial charge in [0.2, 0.25) is 0 Å². The fourth-order valence-electron chi connectivity index (χ4n) is 1.32. The lowest BCUT2D eigenvalue weighted by Crippen LogP contribution is -2.42. The van der Waals surface area contributed by atoms with Gasteiger partial charge >= 0.3 is 5.97 Å². The van der Waals surface area contributed by atoms with Crippen LogP contribution in [0.1, 0.15) is 12.6 Å². The molecule has 5 nitrogen and oxygen atoms in total. The van der Waals surface area contributed by atoms with Crippen molar-refractivity contribution >= 4 is 17.0 Å². The van der Waals surface area contributed by atoms with Crippen LogP contribution in [0, 0.1) is 0 Å². The van der Waals surface area contributed by atoms with E-state index < -0.39 is 11.5 Å². The third-order valence-corrected chi connectivity index (χ3v) is 2.42. The Morgan fingerprint density at radius 1 is 1.38 bits per heavy atom. The molecule has 0 aliphatic carbocycles. The van der Waals surface area contributed by atoms with Crippen molar-refractivity contribution in [2.24, 2.45) is 5.73 Å². The standard InChI is InChI=1S/C11H11N3O2/c1-11(12,10(15)16)9-6-13-7-4-2-3-5-8(7)14-9/h2-6H,12H2,1H3,(H,15,16). The van der Waals surface area contributed by atoms with Crippen molar-refractivity contribution in [1.82, 2.24) is 9.97 Å². The maximum atomic E-state index is 11.0. The number of rotatable bonds is 2. The Morgan fingerprint density at radius 2 is 2.00 bits per heavy atom. The predicted octanol–water partition coefficient (Wildman–Crippen LogP) is 0.888. The molecule has 0 saturated carbocycles. The Bertz CT molecular complexity index is 552. The molecule has 2 aromatic rings. The minimum absolute atomic E-state index is 0.249. The molecule has 1 aromatic heterocycles. The van der Waals surface area contributed by atoms with Crippen molar-refractivity contribution in [2.75, 3.05) is 0 Å². The van der Waals surface area contributed by atoms with Gasteiger partial charge in [-0.05, 0) is 19.1 Å². The molecule has 0 bridgehead atoms. The van der Waals surface area contributed by atoms with Crippen LogP contribution < -0.4 is 5.73 Å². The second kappa shape index (κ2) is 3.53. The number of benzene rings is 1. The normalized spacial score (nSPS) is 14.6. The summed E-state index contributed by atoms with van der Waals surface area (Å²) in [5.41, 5.74) is 5.75. The third kappa shape index (κ3) is 1.61. The van der Waals surface area contributed by atoms with E-state index in [2.05, 4.69) is 9.97 Å². The number of hydrogen-bond acceptors (Lipinski definition) is 4. The minimum atomic E-state index is -1.52. The molecule has 1 aromatic carbocycles. The lowest BCUT2D eigenvalue weighted by atomic mass is 10.0. The molecule has 0 aliphatic heterocycles. The average Bonchev–Trinajstić information content (AvgIpc) is 2.28. The van der Waals surface area contributed by atoms with Gasteiger partial charge in [-0.1, -0.05) is 12.1 Å². The summed E-state index contributed by atoms with van der Waals surface area (Å²) >= 11 is 0. The molecule has 0 saturated heterocycles. The number of hydrogen-bond donors (Lipinski definition) is 2. The van der Waals surface area contributed by atoms with E-state index in [9.17, 15) is 4.79 Å². The van der Waals surface area contributed by atoms with Crippen LogP contribution in [0.4, 0.5) is 0 Å². The summed E-state index contributed by atoms with van der Waals surface area (Å²) in [5.74, 6) is -1.13.